The molecule has 6 nitrogen and oxygen atoms in total. The second-order valence-electron chi connectivity index (χ2n) is 18.4. The first-order chi connectivity index (χ1) is 34.5. The molecule has 0 aliphatic heterocycles. The molecule has 1 unspecified atom stereocenters. The summed E-state index contributed by atoms with van der Waals surface area (Å²) in [6, 6.07) is 0. The van der Waals surface area contributed by atoms with Crippen LogP contribution in [0, 0.1) is 0 Å². The van der Waals surface area contributed by atoms with Crippen molar-refractivity contribution in [1.82, 2.24) is 0 Å². The number of hydrogen-bond donors (Lipinski definition) is 0. The van der Waals surface area contributed by atoms with E-state index >= 15 is 0 Å². The molecule has 0 amide bonds. The number of unbranched alkanes of at least 4 members (excludes halogenated alkanes) is 19. The van der Waals surface area contributed by atoms with Gasteiger partial charge in [0.05, 0.1) is 0 Å². The Bertz CT molecular complexity index is 1490. The summed E-state index contributed by atoms with van der Waals surface area (Å²) in [4.78, 5) is 38.1. The molecule has 396 valence electrons. The maximum atomic E-state index is 12.8. The van der Waals surface area contributed by atoms with Crippen molar-refractivity contribution in [3.8, 4) is 0 Å². The first-order valence-corrected chi connectivity index (χ1v) is 28.5. The van der Waals surface area contributed by atoms with Crippen LogP contribution in [0.3, 0.4) is 0 Å². The summed E-state index contributed by atoms with van der Waals surface area (Å²) in [5, 5.41) is 0. The van der Waals surface area contributed by atoms with Crippen LogP contribution in [0.25, 0.3) is 0 Å². The van der Waals surface area contributed by atoms with Crippen LogP contribution in [0.2, 0.25) is 0 Å². The molecule has 1 atom stereocenters. The van der Waals surface area contributed by atoms with Gasteiger partial charge < -0.3 is 14.2 Å². The molecule has 0 saturated heterocycles. The van der Waals surface area contributed by atoms with Gasteiger partial charge in [-0.2, -0.15) is 0 Å². The lowest BCUT2D eigenvalue weighted by molar-refractivity contribution is -0.167. The fourth-order valence-electron chi connectivity index (χ4n) is 7.45. The maximum absolute atomic E-state index is 12.8. The number of carbonyl (C=O) groups excluding carboxylic acids is 3. The van der Waals surface area contributed by atoms with E-state index in [0.29, 0.717) is 19.3 Å². The Kier molecular flexibility index (Phi) is 54.0. The van der Waals surface area contributed by atoms with Gasteiger partial charge in [-0.05, 0) is 128 Å². The molecular formula is C64H104O6. The normalized spacial score (nSPS) is 13.0. The van der Waals surface area contributed by atoms with Gasteiger partial charge in [0.2, 0.25) is 0 Å². The van der Waals surface area contributed by atoms with Crippen molar-refractivity contribution in [2.24, 2.45) is 0 Å². The smallest absolute Gasteiger partial charge is 0.306 e. The summed E-state index contributed by atoms with van der Waals surface area (Å²) in [6.07, 6.45) is 79.0. The van der Waals surface area contributed by atoms with E-state index in [1.54, 1.807) is 0 Å². The SMILES string of the molecule is CC/C=C\C/C=C\C/C=C\C/C=C\C/C=C\CCCCCCCCCC(=O)OCC(COC(=O)CCCCCCC/C=C\CCCCCCC)OC(=O)CCCC/C=C\C/C=C\C/C=C\C/C=C\CC. The van der Waals surface area contributed by atoms with Crippen LogP contribution in [0.15, 0.2) is 122 Å². The van der Waals surface area contributed by atoms with Crippen molar-refractivity contribution in [2.75, 3.05) is 13.2 Å². The number of allylic oxidation sites excluding steroid dienone is 20. The second-order valence-corrected chi connectivity index (χ2v) is 18.4. The number of rotatable bonds is 50. The van der Waals surface area contributed by atoms with Crippen molar-refractivity contribution in [2.45, 2.75) is 252 Å². The van der Waals surface area contributed by atoms with Crippen LogP contribution < -0.4 is 0 Å². The van der Waals surface area contributed by atoms with Gasteiger partial charge in [0, 0.05) is 19.3 Å². The van der Waals surface area contributed by atoms with Crippen LogP contribution in [0.5, 0.6) is 0 Å². The minimum atomic E-state index is -0.811. The minimum absolute atomic E-state index is 0.105. The van der Waals surface area contributed by atoms with Gasteiger partial charge in [0.1, 0.15) is 13.2 Å². The van der Waals surface area contributed by atoms with E-state index in [9.17, 15) is 14.4 Å². The van der Waals surface area contributed by atoms with Crippen LogP contribution in [0.1, 0.15) is 245 Å². The Balaban J connectivity index is 4.45. The molecule has 6 heteroatoms. The lowest BCUT2D eigenvalue weighted by Crippen LogP contribution is -2.30. The van der Waals surface area contributed by atoms with Gasteiger partial charge >= 0.3 is 17.9 Å². The lowest BCUT2D eigenvalue weighted by Gasteiger charge is -2.18. The molecule has 0 saturated carbocycles. The standard InChI is InChI=1S/C64H104O6/c1-4-7-10-13-16-19-22-25-28-29-30-31-32-33-34-35-37-39-42-45-48-51-54-57-63(66)69-60-61(59-68-62(65)56-53-50-47-44-41-38-27-24-21-18-15-12-9-6-3)70-64(67)58-55-52-49-46-43-40-36-26-23-20-17-14-11-8-5-2/h7-8,10-11,16-17,19-20,24-28,30-31,33-34,36,43,46,61H,4-6,9,12-15,18,21-23,29,32,35,37-42,44-45,47-60H2,1-3H3/b10-7-,11-8-,19-16-,20-17-,27-24-,28-25-,31-30-,34-33-,36-26-,46-43-. The molecule has 0 radical (unpaired) electrons. The number of esters is 3. The summed E-state index contributed by atoms with van der Waals surface area (Å²) in [7, 11) is 0. The predicted molar refractivity (Wildman–Crippen MR) is 302 cm³/mol. The summed E-state index contributed by atoms with van der Waals surface area (Å²) < 4.78 is 16.8. The van der Waals surface area contributed by atoms with E-state index in [4.69, 9.17) is 14.2 Å². The summed E-state index contributed by atoms with van der Waals surface area (Å²) in [5.74, 6) is -0.969. The van der Waals surface area contributed by atoms with E-state index in [1.807, 2.05) is 0 Å². The van der Waals surface area contributed by atoms with Crippen LogP contribution in [-0.2, 0) is 28.6 Å². The van der Waals surface area contributed by atoms with Gasteiger partial charge in [0.25, 0.3) is 0 Å². The van der Waals surface area contributed by atoms with Gasteiger partial charge in [-0.25, -0.2) is 0 Å². The first-order valence-electron chi connectivity index (χ1n) is 28.5. The molecule has 0 aliphatic carbocycles. The Morgan fingerprint density at radius 1 is 0.300 bits per heavy atom. The molecule has 70 heavy (non-hydrogen) atoms. The molecule has 0 heterocycles. The Morgan fingerprint density at radius 3 is 0.914 bits per heavy atom. The zero-order valence-corrected chi connectivity index (χ0v) is 45.2. The monoisotopic (exact) mass is 969 g/mol. The third-order valence-corrected chi connectivity index (χ3v) is 11.7. The van der Waals surface area contributed by atoms with Crippen molar-refractivity contribution >= 4 is 17.9 Å². The largest absolute Gasteiger partial charge is 0.462 e. The molecule has 0 aliphatic rings. The van der Waals surface area contributed by atoms with E-state index in [2.05, 4.69) is 142 Å². The van der Waals surface area contributed by atoms with Crippen molar-refractivity contribution < 1.29 is 28.6 Å². The van der Waals surface area contributed by atoms with Crippen molar-refractivity contribution in [3.05, 3.63) is 122 Å². The summed E-state index contributed by atoms with van der Waals surface area (Å²) >= 11 is 0. The molecular weight excluding hydrogens is 865 g/mol. The Labute approximate surface area is 431 Å². The van der Waals surface area contributed by atoms with Gasteiger partial charge in [0.15, 0.2) is 6.10 Å². The number of hydrogen-bond acceptors (Lipinski definition) is 6. The Hall–Kier alpha value is -4.19. The predicted octanol–water partition coefficient (Wildman–Crippen LogP) is 19.3. The zero-order chi connectivity index (χ0) is 50.7. The van der Waals surface area contributed by atoms with E-state index in [0.717, 1.165) is 128 Å². The lowest BCUT2D eigenvalue weighted by atomic mass is 10.1. The third-order valence-electron chi connectivity index (χ3n) is 11.7. The summed E-state index contributed by atoms with van der Waals surface area (Å²) in [5.41, 5.74) is 0. The van der Waals surface area contributed by atoms with Gasteiger partial charge in [-0.3, -0.25) is 14.4 Å². The molecule has 0 rings (SSSR count). The number of ether oxygens (including phenoxy) is 3. The van der Waals surface area contributed by atoms with Crippen LogP contribution in [-0.4, -0.2) is 37.2 Å². The van der Waals surface area contributed by atoms with Crippen molar-refractivity contribution in [3.63, 3.8) is 0 Å². The highest BCUT2D eigenvalue weighted by Gasteiger charge is 2.19. The molecule has 0 fully saturated rings. The minimum Gasteiger partial charge on any atom is -0.462 e. The average molecular weight is 970 g/mol. The fourth-order valence-corrected chi connectivity index (χ4v) is 7.45. The summed E-state index contributed by atoms with van der Waals surface area (Å²) in [6.45, 7) is 6.34. The topological polar surface area (TPSA) is 78.9 Å². The van der Waals surface area contributed by atoms with Crippen LogP contribution in [0.4, 0.5) is 0 Å². The molecule has 0 spiro atoms. The third kappa shape index (κ3) is 54.7. The maximum Gasteiger partial charge on any atom is 0.306 e. The number of carbonyl (C=O) groups is 3. The second kappa shape index (κ2) is 57.4. The highest BCUT2D eigenvalue weighted by Crippen LogP contribution is 2.13. The zero-order valence-electron chi connectivity index (χ0n) is 45.2. The molecule has 0 aromatic carbocycles. The van der Waals surface area contributed by atoms with Gasteiger partial charge in [-0.1, -0.05) is 219 Å². The van der Waals surface area contributed by atoms with Crippen LogP contribution >= 0.6 is 0 Å². The highest BCUT2D eigenvalue weighted by atomic mass is 16.6. The molecule has 0 aromatic rings. The highest BCUT2D eigenvalue weighted by molar-refractivity contribution is 5.71. The molecule has 0 bridgehead atoms. The van der Waals surface area contributed by atoms with Crippen molar-refractivity contribution in [1.29, 1.82) is 0 Å². The first kappa shape index (κ1) is 65.8. The molecule has 0 N–H and O–H groups in total. The fraction of sp³-hybridized carbons (Fsp3) is 0.641. The average Bonchev–Trinajstić information content (AvgIpc) is 3.36. The van der Waals surface area contributed by atoms with E-state index in [1.165, 1.54) is 70.6 Å². The van der Waals surface area contributed by atoms with E-state index in [-0.39, 0.29) is 37.5 Å². The quantitative estimate of drug-likeness (QED) is 0.0262. The van der Waals surface area contributed by atoms with E-state index < -0.39 is 6.10 Å². The molecule has 0 aromatic heterocycles. The Morgan fingerprint density at radius 2 is 0.557 bits per heavy atom. The van der Waals surface area contributed by atoms with Gasteiger partial charge in [-0.15, -0.1) is 0 Å².